The van der Waals surface area contributed by atoms with Crippen LogP contribution in [-0.4, -0.2) is 267 Å². The molecule has 0 aliphatic carbocycles. The van der Waals surface area contributed by atoms with E-state index in [0.717, 1.165) is 0 Å². The van der Waals surface area contributed by atoms with Crippen LogP contribution in [0.5, 0.6) is 0 Å². The Bertz CT molecular complexity index is 2080. The minimum Gasteiger partial charge on any atom is -0.480 e. The molecule has 0 radical (unpaired) electrons. The van der Waals surface area contributed by atoms with Crippen molar-refractivity contribution in [2.24, 2.45) is 103 Å². The Balaban J connectivity index is -0.000000146. The molecule has 9 atom stereocenters. The number of carbonyl (C=O) groups is 9. The van der Waals surface area contributed by atoms with Gasteiger partial charge in [0.2, 0.25) is 0 Å². The van der Waals surface area contributed by atoms with Crippen LogP contribution in [0.4, 0.5) is 0 Å². The van der Waals surface area contributed by atoms with Gasteiger partial charge in [0.1, 0.15) is 54.4 Å². The van der Waals surface area contributed by atoms with Crippen LogP contribution >= 0.6 is 0 Å². The molecule has 54 heteroatoms. The fourth-order valence-corrected chi connectivity index (χ4v) is 6.02. The number of hydrogen-bond donors (Lipinski definition) is 45. The van der Waals surface area contributed by atoms with E-state index >= 15 is 0 Å². The Kier molecular flexibility index (Phi) is 81.2. The van der Waals surface area contributed by atoms with E-state index in [9.17, 15) is 43.2 Å². The third-order valence-electron chi connectivity index (χ3n) is 11.9. The maximum Gasteiger partial charge on any atom is 0.320 e. The molecule has 0 aromatic rings. The van der Waals surface area contributed by atoms with Crippen molar-refractivity contribution in [3.8, 4) is 0 Å². The fraction of sp³-hybridized carbons (Fsp3) is 0.667. The monoisotopic (exact) mass is 1570 g/mol. The lowest BCUT2D eigenvalue weighted by molar-refractivity contribution is -0.139. The minimum atomic E-state index is -1.00. The van der Waals surface area contributed by atoms with Crippen LogP contribution in [0.3, 0.4) is 0 Å². The van der Waals surface area contributed by atoms with Crippen molar-refractivity contribution >= 4 is 107 Å². The standard InChI is InChI=1S/9C6H14N4O2/c9*7-4(5(11)12)2-1-3-10-6(8)9/h9*4H,1-3,7H2,(H,11,12)(H4,8,9,10)/t9*4-/m000000000/s1. The summed E-state index contributed by atoms with van der Waals surface area (Å²) in [5, 5.41) is 159. The van der Waals surface area contributed by atoms with Gasteiger partial charge in [-0.25, -0.2) is 0 Å². The van der Waals surface area contributed by atoms with Gasteiger partial charge >= 0.3 is 53.7 Å². The van der Waals surface area contributed by atoms with E-state index < -0.39 is 108 Å². The lowest BCUT2D eigenvalue weighted by Gasteiger charge is -2.06. The molecule has 0 aliphatic rings. The zero-order valence-corrected chi connectivity index (χ0v) is 60.4. The summed E-state index contributed by atoms with van der Waals surface area (Å²) in [4.78, 5) is 91.9. The highest BCUT2D eigenvalue weighted by Crippen LogP contribution is 1.98. The third-order valence-corrected chi connectivity index (χ3v) is 11.9. The zero-order chi connectivity index (χ0) is 86.0. The predicted molar refractivity (Wildman–Crippen MR) is 403 cm³/mol. The van der Waals surface area contributed by atoms with Crippen LogP contribution in [0.2, 0.25) is 0 Å². The second kappa shape index (κ2) is 76.4. The van der Waals surface area contributed by atoms with E-state index in [1.54, 1.807) is 0 Å². The topological polar surface area (TPSA) is 1130 Å². The normalized spacial score (nSPS) is 12.1. The maximum absolute atomic E-state index is 10.2. The number of guanidine groups is 9. The number of carboxylic acids is 9. The molecular weight excluding hydrogens is 1440 g/mol. The summed E-state index contributed by atoms with van der Waals surface area (Å²) in [5.74, 6) is -10.0. The van der Waals surface area contributed by atoms with Crippen molar-refractivity contribution in [3.63, 3.8) is 0 Å². The first-order chi connectivity index (χ1) is 49.8. The van der Waals surface area contributed by atoms with Crippen LogP contribution in [-0.2, 0) is 43.2 Å². The molecule has 0 rings (SSSR count). The summed E-state index contributed by atoms with van der Waals surface area (Å²) in [6.07, 6.45) is 8.77. The summed E-state index contributed by atoms with van der Waals surface area (Å²) in [5.41, 5.74) is 91.9. The van der Waals surface area contributed by atoms with E-state index in [-0.39, 0.29) is 53.6 Å². The predicted octanol–water partition coefficient (Wildman–Crippen LogP) is -12.0. The number of aliphatic carboxylic acids is 9. The van der Waals surface area contributed by atoms with E-state index in [0.29, 0.717) is 174 Å². The molecule has 0 aromatic carbocycles. The van der Waals surface area contributed by atoms with Gasteiger partial charge in [0.15, 0.2) is 53.6 Å². The lowest BCUT2D eigenvalue weighted by atomic mass is 10.2. The van der Waals surface area contributed by atoms with Crippen molar-refractivity contribution in [1.29, 1.82) is 48.7 Å². The van der Waals surface area contributed by atoms with E-state index in [1.165, 1.54) is 0 Å². The quantitative estimate of drug-likeness (QED) is 0.0153. The Hall–Kier alpha value is -11.7. The summed E-state index contributed by atoms with van der Waals surface area (Å²) in [7, 11) is 0. The molecule has 0 amide bonds. The fourth-order valence-electron chi connectivity index (χ4n) is 6.02. The SMILES string of the molecule is N=C(N)NCCC[C@H](N)C(=O)O.N=C(N)NCCC[C@H](N)C(=O)O.N=C(N)NCCC[C@H](N)C(=O)O.N=C(N)NCCC[C@H](N)C(=O)O.N=C(N)NCCC[C@H](N)C(=O)O.N=C(N)NCCC[C@H](N)C(=O)O.N=C(N)NCCC[C@H](N)C(=O)O.N=C(N)NCCC[C@H](N)C(=O)O.N=C(N)NCCC[C@H](N)C(=O)O. The van der Waals surface area contributed by atoms with Gasteiger partial charge in [-0.05, 0) is 116 Å². The number of rotatable bonds is 45. The van der Waals surface area contributed by atoms with Crippen molar-refractivity contribution in [1.82, 2.24) is 47.9 Å². The van der Waals surface area contributed by atoms with Crippen LogP contribution < -0.4 is 151 Å². The van der Waals surface area contributed by atoms with Gasteiger partial charge in [-0.3, -0.25) is 91.8 Å². The van der Waals surface area contributed by atoms with E-state index in [2.05, 4.69) is 47.9 Å². The van der Waals surface area contributed by atoms with E-state index in [1.807, 2.05) is 0 Å². The van der Waals surface area contributed by atoms with Crippen molar-refractivity contribution in [3.05, 3.63) is 0 Å². The van der Waals surface area contributed by atoms with Gasteiger partial charge in [0.05, 0.1) is 0 Å². The van der Waals surface area contributed by atoms with Crippen LogP contribution in [0.15, 0.2) is 0 Å². The first-order valence-corrected chi connectivity index (χ1v) is 32.4. The second-order valence-corrected chi connectivity index (χ2v) is 21.8. The second-order valence-electron chi connectivity index (χ2n) is 21.8. The van der Waals surface area contributed by atoms with Crippen molar-refractivity contribution in [2.45, 2.75) is 170 Å². The van der Waals surface area contributed by atoms with Crippen molar-refractivity contribution in [2.75, 3.05) is 58.9 Å². The van der Waals surface area contributed by atoms with Gasteiger partial charge in [-0.15, -0.1) is 0 Å². The Morgan fingerprint density at radius 3 is 0.296 bits per heavy atom. The first kappa shape index (κ1) is 115. The molecule has 63 N–H and O–H groups in total. The number of carboxylic acid groups (broad SMARTS) is 9. The number of hydrogen-bond acceptors (Lipinski definition) is 27. The third kappa shape index (κ3) is 108. The number of nitrogens with two attached hydrogens (primary N) is 18. The molecular formula is C54H126N36O18. The summed E-state index contributed by atoms with van der Waals surface area (Å²) < 4.78 is 0. The Labute approximate surface area is 623 Å². The van der Waals surface area contributed by atoms with Gasteiger partial charge in [0, 0.05) is 58.9 Å². The first-order valence-electron chi connectivity index (χ1n) is 32.4. The molecule has 0 fully saturated rings. The smallest absolute Gasteiger partial charge is 0.320 e. The van der Waals surface area contributed by atoms with Gasteiger partial charge < -0.3 is 197 Å². The minimum absolute atomic E-state index is 0.112. The molecule has 0 unspecified atom stereocenters. The highest BCUT2D eigenvalue weighted by atomic mass is 16.4. The average Bonchev–Trinajstić information content (AvgIpc) is 1.13. The summed E-state index contributed by atoms with van der Waals surface area (Å²) in [6, 6.07) is -7.39. The molecule has 108 heavy (non-hydrogen) atoms. The average molecular weight is 1570 g/mol. The summed E-state index contributed by atoms with van der Waals surface area (Å²) in [6.45, 7) is 4.34. The van der Waals surface area contributed by atoms with Crippen LogP contribution in [0.1, 0.15) is 116 Å². The van der Waals surface area contributed by atoms with Gasteiger partial charge in [-0.2, -0.15) is 0 Å². The van der Waals surface area contributed by atoms with E-state index in [4.69, 9.17) is 198 Å². The molecule has 0 aromatic heterocycles. The van der Waals surface area contributed by atoms with Crippen LogP contribution in [0.25, 0.3) is 0 Å². The molecule has 0 heterocycles. The van der Waals surface area contributed by atoms with Crippen LogP contribution in [0, 0.1) is 48.7 Å². The Morgan fingerprint density at radius 2 is 0.250 bits per heavy atom. The molecule has 0 spiro atoms. The largest absolute Gasteiger partial charge is 0.480 e. The van der Waals surface area contributed by atoms with Gasteiger partial charge in [-0.1, -0.05) is 0 Å². The molecule has 54 nitrogen and oxygen atoms in total. The Morgan fingerprint density at radius 1 is 0.185 bits per heavy atom. The highest BCUT2D eigenvalue weighted by molar-refractivity contribution is 5.79. The molecule has 0 aliphatic heterocycles. The maximum atomic E-state index is 10.2. The summed E-state index contributed by atoms with van der Waals surface area (Å²) >= 11 is 0. The molecule has 630 valence electrons. The molecule has 0 saturated heterocycles. The van der Waals surface area contributed by atoms with Gasteiger partial charge in [0.25, 0.3) is 0 Å². The van der Waals surface area contributed by atoms with Crippen molar-refractivity contribution < 1.29 is 89.1 Å². The molecule has 0 bridgehead atoms. The lowest BCUT2D eigenvalue weighted by Crippen LogP contribution is -2.34. The number of nitrogens with one attached hydrogen (secondary N) is 18. The molecule has 0 saturated carbocycles. The highest BCUT2D eigenvalue weighted by Gasteiger charge is 2.16. The zero-order valence-electron chi connectivity index (χ0n) is 60.4.